The predicted molar refractivity (Wildman–Crippen MR) is 165 cm³/mol. The second-order valence-electron chi connectivity index (χ2n) is 11.2. The number of hydrogen-bond donors (Lipinski definition) is 2. The van der Waals surface area contributed by atoms with Gasteiger partial charge in [-0.25, -0.2) is 13.1 Å². The lowest BCUT2D eigenvalue weighted by atomic mass is 9.81. The number of aliphatic imine (C=N–C) groups is 1. The fourth-order valence-corrected chi connectivity index (χ4v) is 6.93. The summed E-state index contributed by atoms with van der Waals surface area (Å²) < 4.78 is 34.9. The van der Waals surface area contributed by atoms with Gasteiger partial charge in [0.05, 0.1) is 17.5 Å². The average molecular weight is 562 g/mol. The van der Waals surface area contributed by atoms with Gasteiger partial charge in [-0.1, -0.05) is 51.5 Å². The van der Waals surface area contributed by atoms with Crippen molar-refractivity contribution in [3.8, 4) is 5.75 Å². The molecule has 0 saturated heterocycles. The summed E-state index contributed by atoms with van der Waals surface area (Å²) in [4.78, 5) is 4.78. The fraction of sp³-hybridized carbons (Fsp3) is 0.455. The number of nitrogens with one attached hydrogen (secondary N) is 2. The van der Waals surface area contributed by atoms with E-state index in [1.807, 2.05) is 20.1 Å². The van der Waals surface area contributed by atoms with E-state index >= 15 is 0 Å². The van der Waals surface area contributed by atoms with Gasteiger partial charge in [-0.3, -0.25) is 4.99 Å². The highest BCUT2D eigenvalue weighted by atomic mass is 32.2. The van der Waals surface area contributed by atoms with Gasteiger partial charge in [0.15, 0.2) is 0 Å². The van der Waals surface area contributed by atoms with Crippen molar-refractivity contribution in [1.29, 1.82) is 5.41 Å². The van der Waals surface area contributed by atoms with E-state index < -0.39 is 10.0 Å². The summed E-state index contributed by atoms with van der Waals surface area (Å²) in [6, 6.07) is 5.19. The Morgan fingerprint density at radius 2 is 2.05 bits per heavy atom. The van der Waals surface area contributed by atoms with Crippen molar-refractivity contribution < 1.29 is 13.2 Å². The summed E-state index contributed by atoms with van der Waals surface area (Å²) >= 11 is 0. The molecule has 3 atom stereocenters. The van der Waals surface area contributed by atoms with Crippen LogP contribution in [0, 0.1) is 11.3 Å². The minimum absolute atomic E-state index is 0.101. The first-order valence-electron chi connectivity index (χ1n) is 14.5. The molecule has 214 valence electrons. The maximum Gasteiger partial charge on any atom is 0.240 e. The molecular weight excluding hydrogens is 518 g/mol. The molecule has 0 aromatic heterocycles. The molecule has 6 nitrogen and oxygen atoms in total. The quantitative estimate of drug-likeness (QED) is 0.200. The van der Waals surface area contributed by atoms with Gasteiger partial charge in [0.1, 0.15) is 5.75 Å². The monoisotopic (exact) mass is 561 g/mol. The molecule has 0 fully saturated rings. The molecule has 1 aromatic carbocycles. The minimum atomic E-state index is -3.60. The van der Waals surface area contributed by atoms with E-state index in [9.17, 15) is 8.42 Å². The molecule has 1 aliphatic carbocycles. The number of ether oxygens (including phenoxy) is 1. The third-order valence-corrected chi connectivity index (χ3v) is 9.47. The van der Waals surface area contributed by atoms with Crippen LogP contribution in [0.15, 0.2) is 86.8 Å². The van der Waals surface area contributed by atoms with Crippen LogP contribution >= 0.6 is 0 Å². The Balaban J connectivity index is 1.43. The second kappa shape index (κ2) is 13.1. The molecule has 4 rings (SSSR count). The van der Waals surface area contributed by atoms with Crippen molar-refractivity contribution in [1.82, 2.24) is 4.72 Å². The fourth-order valence-electron chi connectivity index (χ4n) is 5.57. The van der Waals surface area contributed by atoms with Crippen molar-refractivity contribution in [2.75, 3.05) is 6.61 Å². The van der Waals surface area contributed by atoms with Crippen LogP contribution in [-0.4, -0.2) is 39.0 Å². The summed E-state index contributed by atoms with van der Waals surface area (Å²) in [7, 11) is -3.60. The first kappa shape index (κ1) is 29.9. The Hall–Kier alpha value is -3.03. The Labute approximate surface area is 240 Å². The molecule has 1 aromatic rings. The van der Waals surface area contributed by atoms with Gasteiger partial charge in [-0.05, 0) is 91.7 Å². The topological polar surface area (TPSA) is 91.6 Å². The number of unbranched alkanes of at least 4 members (excludes halogenated alkanes) is 1. The summed E-state index contributed by atoms with van der Waals surface area (Å²) in [5, 5.41) is 8.41. The molecule has 0 radical (unpaired) electrons. The highest BCUT2D eigenvalue weighted by Crippen LogP contribution is 2.34. The molecule has 7 heteroatoms. The Kier molecular flexibility index (Phi) is 9.80. The van der Waals surface area contributed by atoms with Gasteiger partial charge in [0.25, 0.3) is 0 Å². The van der Waals surface area contributed by atoms with Crippen LogP contribution in [0.4, 0.5) is 0 Å². The molecule has 0 amide bonds. The van der Waals surface area contributed by atoms with Crippen molar-refractivity contribution in [3.63, 3.8) is 0 Å². The summed E-state index contributed by atoms with van der Waals surface area (Å²) in [6.45, 7) is 13.0. The van der Waals surface area contributed by atoms with Crippen LogP contribution < -0.4 is 9.46 Å². The van der Waals surface area contributed by atoms with Gasteiger partial charge >= 0.3 is 0 Å². The van der Waals surface area contributed by atoms with Crippen LogP contribution in [0.2, 0.25) is 0 Å². The van der Waals surface area contributed by atoms with E-state index in [4.69, 9.17) is 10.1 Å². The van der Waals surface area contributed by atoms with Crippen LogP contribution in [0.5, 0.6) is 5.75 Å². The van der Waals surface area contributed by atoms with Crippen molar-refractivity contribution in [3.05, 3.63) is 82.5 Å². The smallest absolute Gasteiger partial charge is 0.240 e. The molecule has 0 saturated carbocycles. The number of allylic oxidation sites excluding steroid dienone is 8. The van der Waals surface area contributed by atoms with Gasteiger partial charge in [-0.15, -0.1) is 0 Å². The van der Waals surface area contributed by atoms with E-state index in [2.05, 4.69) is 54.4 Å². The zero-order chi connectivity index (χ0) is 28.9. The summed E-state index contributed by atoms with van der Waals surface area (Å²) in [6.07, 6.45) is 16.4. The molecule has 0 bridgehead atoms. The molecule has 2 aliphatic heterocycles. The first-order valence-corrected chi connectivity index (χ1v) is 16.0. The Morgan fingerprint density at radius 1 is 1.25 bits per heavy atom. The maximum absolute atomic E-state index is 13.2. The molecule has 3 aliphatic rings. The van der Waals surface area contributed by atoms with Crippen molar-refractivity contribution in [2.24, 2.45) is 10.9 Å². The van der Waals surface area contributed by atoms with E-state index in [0.29, 0.717) is 17.2 Å². The largest absolute Gasteiger partial charge is 0.493 e. The van der Waals surface area contributed by atoms with E-state index in [0.717, 1.165) is 73.0 Å². The molecule has 3 unspecified atom stereocenters. The minimum Gasteiger partial charge on any atom is -0.493 e. The predicted octanol–water partition coefficient (Wildman–Crippen LogP) is 7.05. The zero-order valence-electron chi connectivity index (χ0n) is 24.3. The third kappa shape index (κ3) is 7.18. The maximum atomic E-state index is 13.2. The molecule has 2 N–H and O–H groups in total. The number of benzene rings is 1. The second-order valence-corrected chi connectivity index (χ2v) is 12.9. The van der Waals surface area contributed by atoms with E-state index in [1.54, 1.807) is 18.2 Å². The lowest BCUT2D eigenvalue weighted by molar-refractivity contribution is 0.356. The number of nitrogens with zero attached hydrogens (tertiary/aromatic N) is 1. The van der Waals surface area contributed by atoms with Gasteiger partial charge in [0.2, 0.25) is 10.0 Å². The lowest BCUT2D eigenvalue weighted by Crippen LogP contribution is -2.34. The molecular formula is C33H43N3O3S. The first-order chi connectivity index (χ1) is 19.1. The standard InChI is InChI=1S/C33H43N3O3S/c1-6-9-29(36-40(37,38)30-14-15-33-27(19-30)16-17-39-33)11-8-7-10-26-13-12-22(2)24(4)31(26)20-32(25(5)34)28-18-23(3)35-21-28/h12-15,18-21,23-24,29,34,36H,2,6-11,16-17H2,1,3-5H3. The van der Waals surface area contributed by atoms with E-state index in [1.165, 1.54) is 11.1 Å². The van der Waals surface area contributed by atoms with Crippen LogP contribution in [0.25, 0.3) is 0 Å². The summed E-state index contributed by atoms with van der Waals surface area (Å²) in [5.41, 5.74) is 6.92. The molecule has 2 heterocycles. The molecule has 40 heavy (non-hydrogen) atoms. The normalized spacial score (nSPS) is 21.4. The van der Waals surface area contributed by atoms with Gasteiger partial charge < -0.3 is 10.1 Å². The van der Waals surface area contributed by atoms with E-state index in [-0.39, 0.29) is 18.0 Å². The Bertz CT molecular complexity index is 1410. The summed E-state index contributed by atoms with van der Waals surface area (Å²) in [5.74, 6) is 0.955. The van der Waals surface area contributed by atoms with Crippen LogP contribution in [0.1, 0.15) is 71.8 Å². The average Bonchev–Trinajstić information content (AvgIpc) is 3.56. The zero-order valence-corrected chi connectivity index (χ0v) is 25.1. The number of sulfonamides is 1. The van der Waals surface area contributed by atoms with Crippen molar-refractivity contribution in [2.45, 2.75) is 89.6 Å². The lowest BCUT2D eigenvalue weighted by Gasteiger charge is -2.24. The third-order valence-electron chi connectivity index (χ3n) is 7.96. The SMILES string of the molecule is C=C1C=CC(CCCCC(CCC)NS(=O)(=O)c2ccc3c(c2)CCO3)=C(C=C(C(C)=N)C2=CC(C)N=C2)C1C. The van der Waals surface area contributed by atoms with Gasteiger partial charge in [0, 0.05) is 35.9 Å². The highest BCUT2D eigenvalue weighted by molar-refractivity contribution is 7.89. The van der Waals surface area contributed by atoms with Gasteiger partial charge in [-0.2, -0.15) is 0 Å². The number of hydrogen-bond acceptors (Lipinski definition) is 5. The Morgan fingerprint density at radius 3 is 2.75 bits per heavy atom. The highest BCUT2D eigenvalue weighted by Gasteiger charge is 2.23. The molecule has 0 spiro atoms. The van der Waals surface area contributed by atoms with Crippen LogP contribution in [-0.2, 0) is 16.4 Å². The van der Waals surface area contributed by atoms with Crippen molar-refractivity contribution >= 4 is 21.9 Å². The number of fused-ring (bicyclic) bond motifs is 1. The van der Waals surface area contributed by atoms with Crippen LogP contribution in [0.3, 0.4) is 0 Å². The number of rotatable bonds is 13.